The number of guanidine groups is 1. The van der Waals surface area contributed by atoms with Gasteiger partial charge >= 0.3 is 0 Å². The lowest BCUT2D eigenvalue weighted by atomic mass is 9.74. The number of hydrogen-bond acceptors (Lipinski definition) is 4. The van der Waals surface area contributed by atoms with Crippen LogP contribution in [0.15, 0.2) is 29.3 Å². The second-order valence-electron chi connectivity index (χ2n) is 8.20. The van der Waals surface area contributed by atoms with Gasteiger partial charge in [-0.3, -0.25) is 4.99 Å². The molecule has 0 spiro atoms. The minimum Gasteiger partial charge on any atom is -0.396 e. The summed E-state index contributed by atoms with van der Waals surface area (Å²) in [7, 11) is 0. The quantitative estimate of drug-likeness (QED) is 0.263. The van der Waals surface area contributed by atoms with Gasteiger partial charge in [-0.05, 0) is 44.2 Å². The molecule has 6 nitrogen and oxygen atoms in total. The lowest BCUT2D eigenvalue weighted by Gasteiger charge is -2.39. The van der Waals surface area contributed by atoms with Gasteiger partial charge in [-0.15, -0.1) is 24.0 Å². The Morgan fingerprint density at radius 1 is 1.13 bits per heavy atom. The van der Waals surface area contributed by atoms with E-state index >= 15 is 0 Å². The van der Waals surface area contributed by atoms with Crippen LogP contribution < -0.4 is 10.6 Å². The summed E-state index contributed by atoms with van der Waals surface area (Å²) in [6.07, 6.45) is 3.50. The highest BCUT2D eigenvalue weighted by Crippen LogP contribution is 2.38. The standard InChI is InChI=1S/C22H34ClN3O3.HI/c1-2-24-20(25-15-21(7-11-27)8-12-29-17-21)26-16-22(9-13-28-14-10-22)18-5-3-4-6-19(18)23;/h3-6,27H,2,7-17H2,1H3,(H2,24,25,26);1H. The molecular weight excluding hydrogens is 517 g/mol. The van der Waals surface area contributed by atoms with E-state index in [0.717, 1.165) is 69.6 Å². The first-order chi connectivity index (χ1) is 14.1. The maximum absolute atomic E-state index is 9.46. The first-order valence-electron chi connectivity index (χ1n) is 10.7. The molecule has 2 saturated heterocycles. The Kier molecular flexibility index (Phi) is 10.6. The molecule has 2 aliphatic rings. The number of benzene rings is 1. The van der Waals surface area contributed by atoms with Crippen LogP contribution in [-0.2, 0) is 14.9 Å². The number of rotatable bonds is 8. The van der Waals surface area contributed by atoms with Gasteiger partial charge in [0.25, 0.3) is 0 Å². The molecule has 3 N–H and O–H groups in total. The molecule has 8 heteroatoms. The molecule has 1 atom stereocenters. The minimum absolute atomic E-state index is 0. The average molecular weight is 552 g/mol. The molecule has 0 aromatic heterocycles. The van der Waals surface area contributed by atoms with Crippen LogP contribution in [0.4, 0.5) is 0 Å². The van der Waals surface area contributed by atoms with Gasteiger partial charge in [-0.2, -0.15) is 0 Å². The van der Waals surface area contributed by atoms with Crippen molar-refractivity contribution in [2.24, 2.45) is 10.4 Å². The predicted molar refractivity (Wildman–Crippen MR) is 132 cm³/mol. The Morgan fingerprint density at radius 3 is 2.50 bits per heavy atom. The van der Waals surface area contributed by atoms with E-state index in [9.17, 15) is 5.11 Å². The molecule has 3 rings (SSSR count). The number of nitrogens with one attached hydrogen (secondary N) is 2. The van der Waals surface area contributed by atoms with Gasteiger partial charge in [0.2, 0.25) is 0 Å². The van der Waals surface area contributed by atoms with Crippen LogP contribution in [0, 0.1) is 5.41 Å². The summed E-state index contributed by atoms with van der Waals surface area (Å²) in [5.74, 6) is 0.801. The number of aliphatic hydroxyl groups excluding tert-OH is 1. The highest BCUT2D eigenvalue weighted by atomic mass is 127. The molecule has 0 bridgehead atoms. The third-order valence-corrected chi connectivity index (χ3v) is 6.56. The molecular formula is C22H35ClIN3O3. The van der Waals surface area contributed by atoms with Crippen molar-refractivity contribution >= 4 is 41.5 Å². The molecule has 30 heavy (non-hydrogen) atoms. The fraction of sp³-hybridized carbons (Fsp3) is 0.682. The zero-order chi connectivity index (χ0) is 20.6. The first kappa shape index (κ1) is 25.6. The molecule has 2 fully saturated rings. The first-order valence-corrected chi connectivity index (χ1v) is 11.0. The van der Waals surface area contributed by atoms with Crippen molar-refractivity contribution in [2.75, 3.05) is 52.7 Å². The summed E-state index contributed by atoms with van der Waals surface area (Å²) in [5.41, 5.74) is 1.04. The van der Waals surface area contributed by atoms with Crippen molar-refractivity contribution in [1.82, 2.24) is 10.6 Å². The van der Waals surface area contributed by atoms with Gasteiger partial charge < -0.3 is 25.2 Å². The molecule has 1 aromatic carbocycles. The zero-order valence-corrected chi connectivity index (χ0v) is 20.9. The second kappa shape index (κ2) is 12.4. The molecule has 2 aliphatic heterocycles. The summed E-state index contributed by atoms with van der Waals surface area (Å²) in [5, 5.41) is 17.2. The highest BCUT2D eigenvalue weighted by molar-refractivity contribution is 14.0. The van der Waals surface area contributed by atoms with E-state index < -0.39 is 0 Å². The van der Waals surface area contributed by atoms with E-state index in [2.05, 4.69) is 29.7 Å². The molecule has 0 amide bonds. The number of aliphatic hydroxyl groups is 1. The topological polar surface area (TPSA) is 75.1 Å². The summed E-state index contributed by atoms with van der Waals surface area (Å²) in [6, 6.07) is 8.12. The van der Waals surface area contributed by atoms with Crippen molar-refractivity contribution in [2.45, 2.75) is 38.0 Å². The third kappa shape index (κ3) is 6.45. The minimum atomic E-state index is -0.0773. The lowest BCUT2D eigenvalue weighted by molar-refractivity contribution is 0.0514. The predicted octanol–water partition coefficient (Wildman–Crippen LogP) is 3.35. The monoisotopic (exact) mass is 551 g/mol. The summed E-state index contributed by atoms with van der Waals surface area (Å²) in [6.45, 7) is 7.29. The fourth-order valence-corrected chi connectivity index (χ4v) is 4.66. The van der Waals surface area contributed by atoms with Crippen LogP contribution in [0.1, 0.15) is 38.2 Å². The third-order valence-electron chi connectivity index (χ3n) is 6.23. The van der Waals surface area contributed by atoms with Crippen molar-refractivity contribution in [1.29, 1.82) is 0 Å². The van der Waals surface area contributed by atoms with E-state index in [-0.39, 0.29) is 41.4 Å². The van der Waals surface area contributed by atoms with Crippen LogP contribution in [0.2, 0.25) is 5.02 Å². The van der Waals surface area contributed by atoms with Crippen LogP contribution in [0.25, 0.3) is 0 Å². The van der Waals surface area contributed by atoms with Crippen LogP contribution in [0.5, 0.6) is 0 Å². The Bertz CT molecular complexity index is 677. The molecule has 2 heterocycles. The summed E-state index contributed by atoms with van der Waals surface area (Å²) >= 11 is 6.57. The number of aliphatic imine (C=N–C) groups is 1. The summed E-state index contributed by atoms with van der Waals surface area (Å²) in [4.78, 5) is 4.86. The Balaban J connectivity index is 0.00000320. The smallest absolute Gasteiger partial charge is 0.191 e. The lowest BCUT2D eigenvalue weighted by Crippen LogP contribution is -2.48. The number of nitrogens with zero attached hydrogens (tertiary/aromatic N) is 1. The van der Waals surface area contributed by atoms with Crippen molar-refractivity contribution in [3.63, 3.8) is 0 Å². The molecule has 0 radical (unpaired) electrons. The van der Waals surface area contributed by atoms with Crippen molar-refractivity contribution in [3.05, 3.63) is 34.9 Å². The van der Waals surface area contributed by atoms with Gasteiger partial charge in [0.05, 0.1) is 13.2 Å². The van der Waals surface area contributed by atoms with Gasteiger partial charge in [0, 0.05) is 55.4 Å². The maximum atomic E-state index is 9.46. The molecule has 170 valence electrons. The Labute approximate surface area is 202 Å². The molecule has 0 aliphatic carbocycles. The van der Waals surface area contributed by atoms with Crippen LogP contribution in [0.3, 0.4) is 0 Å². The van der Waals surface area contributed by atoms with Crippen molar-refractivity contribution < 1.29 is 14.6 Å². The van der Waals surface area contributed by atoms with Crippen molar-refractivity contribution in [3.8, 4) is 0 Å². The highest BCUT2D eigenvalue weighted by Gasteiger charge is 2.37. The van der Waals surface area contributed by atoms with Crippen LogP contribution >= 0.6 is 35.6 Å². The SMILES string of the molecule is CCNC(=NCC1(CCO)CCOC1)NCC1(c2ccccc2Cl)CCOCC1.I. The van der Waals surface area contributed by atoms with E-state index in [1.54, 1.807) is 0 Å². The van der Waals surface area contributed by atoms with Gasteiger partial charge in [-0.25, -0.2) is 0 Å². The van der Waals surface area contributed by atoms with E-state index in [1.807, 2.05) is 12.1 Å². The second-order valence-corrected chi connectivity index (χ2v) is 8.60. The van der Waals surface area contributed by atoms with Gasteiger partial charge in [0.1, 0.15) is 0 Å². The fourth-order valence-electron chi connectivity index (χ4n) is 4.32. The number of ether oxygens (including phenoxy) is 2. The average Bonchev–Trinajstić information content (AvgIpc) is 3.20. The normalized spacial score (nSPS) is 23.6. The van der Waals surface area contributed by atoms with Gasteiger partial charge in [-0.1, -0.05) is 29.8 Å². The van der Waals surface area contributed by atoms with E-state index in [1.165, 1.54) is 5.56 Å². The Morgan fingerprint density at radius 2 is 1.87 bits per heavy atom. The zero-order valence-electron chi connectivity index (χ0n) is 17.8. The molecule has 1 unspecified atom stereocenters. The van der Waals surface area contributed by atoms with E-state index in [4.69, 9.17) is 26.1 Å². The maximum Gasteiger partial charge on any atom is 0.191 e. The largest absolute Gasteiger partial charge is 0.396 e. The number of halogens is 2. The van der Waals surface area contributed by atoms with E-state index in [0.29, 0.717) is 13.2 Å². The van der Waals surface area contributed by atoms with Gasteiger partial charge in [0.15, 0.2) is 5.96 Å². The van der Waals surface area contributed by atoms with Crippen LogP contribution in [-0.4, -0.2) is 63.7 Å². The molecule has 0 saturated carbocycles. The Hall–Kier alpha value is -0.610. The summed E-state index contributed by atoms with van der Waals surface area (Å²) < 4.78 is 11.2. The number of hydrogen-bond donors (Lipinski definition) is 3. The molecule has 1 aromatic rings.